The molecule has 0 aliphatic carbocycles. The second-order valence-corrected chi connectivity index (χ2v) is 6.19. The Morgan fingerprint density at radius 3 is 1.92 bits per heavy atom. The van der Waals surface area contributed by atoms with E-state index >= 15 is 0 Å². The molecular weight excluding hydrogens is 308 g/mol. The van der Waals surface area contributed by atoms with E-state index in [1.807, 2.05) is 47.6 Å². The summed E-state index contributed by atoms with van der Waals surface area (Å²) in [4.78, 5) is 11.5. The highest BCUT2D eigenvalue weighted by Gasteiger charge is 2.28. The second-order valence-electron chi connectivity index (χ2n) is 6.19. The molecule has 0 radical (unpaired) electrons. The van der Waals surface area contributed by atoms with Crippen molar-refractivity contribution in [3.63, 3.8) is 0 Å². The number of carbonyl (C=O) groups is 1. The van der Waals surface area contributed by atoms with E-state index in [2.05, 4.69) is 32.1 Å². The summed E-state index contributed by atoms with van der Waals surface area (Å²) in [6.45, 7) is 17.6. The molecule has 1 aromatic carbocycles. The molecule has 1 rings (SSSR count). The van der Waals surface area contributed by atoms with Crippen molar-refractivity contribution in [2.24, 2.45) is 0 Å². The number of allylic oxidation sites excluding steroid dienone is 4. The Kier molecular flexibility index (Phi) is 12.5. The number of nitrogen functional groups attached to an aromatic ring is 2. The summed E-state index contributed by atoms with van der Waals surface area (Å²) in [5.74, 6) is 0.120. The third kappa shape index (κ3) is 8.06. The molecule has 3 heteroatoms. The van der Waals surface area contributed by atoms with Gasteiger partial charge in [-0.05, 0) is 71.2 Å². The van der Waals surface area contributed by atoms with Crippen LogP contribution in [0.25, 0.3) is 0 Å². The number of hydrogen-bond donors (Lipinski definition) is 2. The van der Waals surface area contributed by atoms with E-state index in [-0.39, 0.29) is 5.78 Å². The highest BCUT2D eigenvalue weighted by molar-refractivity contribution is 5.88. The van der Waals surface area contributed by atoms with Crippen molar-refractivity contribution in [3.8, 4) is 0 Å². The van der Waals surface area contributed by atoms with Crippen LogP contribution in [0.2, 0.25) is 0 Å². The molecule has 0 aliphatic rings. The van der Waals surface area contributed by atoms with Crippen LogP contribution in [0, 0.1) is 6.92 Å². The van der Waals surface area contributed by atoms with Crippen molar-refractivity contribution in [2.45, 2.75) is 74.1 Å². The molecule has 0 aliphatic heterocycles. The van der Waals surface area contributed by atoms with Gasteiger partial charge in [0, 0.05) is 5.41 Å². The van der Waals surface area contributed by atoms with E-state index < -0.39 is 5.41 Å². The van der Waals surface area contributed by atoms with E-state index in [1.54, 1.807) is 13.0 Å². The molecule has 0 saturated heterocycles. The standard InChI is InChI=1S/C12H18N2O.C8H14.C2H6/c1-7-5-10(13)11(14)6-9(7)12(3,4)8(2)15;1-4-7-8(5-2)6-3;1-2/h5-6H,13-14H2,1-4H3;4-5,7H,6H2,1-3H3;1-2H3/b;7-4-,8-5-;. The third-order valence-electron chi connectivity index (χ3n) is 4.14. The van der Waals surface area contributed by atoms with Crippen molar-refractivity contribution in [2.75, 3.05) is 11.5 Å². The van der Waals surface area contributed by atoms with E-state index in [0.717, 1.165) is 17.5 Å². The maximum Gasteiger partial charge on any atom is 0.139 e. The Bertz CT molecular complexity index is 594. The summed E-state index contributed by atoms with van der Waals surface area (Å²) in [5.41, 5.74) is 15.4. The van der Waals surface area contributed by atoms with Gasteiger partial charge in [0.2, 0.25) is 0 Å². The van der Waals surface area contributed by atoms with Crippen LogP contribution < -0.4 is 11.5 Å². The third-order valence-corrected chi connectivity index (χ3v) is 4.14. The molecule has 0 atom stereocenters. The Hall–Kier alpha value is -2.03. The molecule has 0 aromatic heterocycles. The molecule has 0 heterocycles. The lowest BCUT2D eigenvalue weighted by Gasteiger charge is -2.24. The van der Waals surface area contributed by atoms with Gasteiger partial charge >= 0.3 is 0 Å². The predicted molar refractivity (Wildman–Crippen MR) is 114 cm³/mol. The topological polar surface area (TPSA) is 69.1 Å². The summed E-state index contributed by atoms with van der Waals surface area (Å²) < 4.78 is 0. The number of nitrogens with two attached hydrogens (primary N) is 2. The fraction of sp³-hybridized carbons (Fsp3) is 0.500. The van der Waals surface area contributed by atoms with Crippen LogP contribution in [-0.2, 0) is 10.2 Å². The summed E-state index contributed by atoms with van der Waals surface area (Å²) in [5, 5.41) is 0. The van der Waals surface area contributed by atoms with E-state index in [0.29, 0.717) is 11.4 Å². The molecule has 0 unspecified atom stereocenters. The first-order valence-corrected chi connectivity index (χ1v) is 9.06. The molecule has 0 saturated carbocycles. The van der Waals surface area contributed by atoms with Crippen LogP contribution in [0.5, 0.6) is 0 Å². The van der Waals surface area contributed by atoms with E-state index in [9.17, 15) is 4.79 Å². The van der Waals surface area contributed by atoms with Gasteiger partial charge in [0.15, 0.2) is 0 Å². The largest absolute Gasteiger partial charge is 0.397 e. The van der Waals surface area contributed by atoms with Gasteiger partial charge in [-0.3, -0.25) is 4.79 Å². The van der Waals surface area contributed by atoms with Gasteiger partial charge in [-0.15, -0.1) is 0 Å². The molecular formula is C22H38N2O. The molecule has 0 spiro atoms. The predicted octanol–water partition coefficient (Wildman–Crippen LogP) is 5.97. The van der Waals surface area contributed by atoms with Crippen LogP contribution in [0.3, 0.4) is 0 Å². The number of rotatable bonds is 4. The zero-order valence-corrected chi connectivity index (χ0v) is 17.7. The Balaban J connectivity index is 0. The van der Waals surface area contributed by atoms with E-state index in [1.165, 1.54) is 5.57 Å². The van der Waals surface area contributed by atoms with Crippen LogP contribution in [0.4, 0.5) is 11.4 Å². The van der Waals surface area contributed by atoms with Gasteiger partial charge in [0.1, 0.15) is 5.78 Å². The summed E-state index contributed by atoms with van der Waals surface area (Å²) in [7, 11) is 0. The minimum absolute atomic E-state index is 0.120. The summed E-state index contributed by atoms with van der Waals surface area (Å²) in [6, 6.07) is 3.61. The molecule has 0 amide bonds. The van der Waals surface area contributed by atoms with Crippen LogP contribution in [0.15, 0.2) is 35.9 Å². The zero-order valence-electron chi connectivity index (χ0n) is 17.7. The summed E-state index contributed by atoms with van der Waals surface area (Å²) >= 11 is 0. The number of aryl methyl sites for hydroxylation is 1. The lowest BCUT2D eigenvalue weighted by atomic mass is 9.78. The quantitative estimate of drug-likeness (QED) is 0.521. The average Bonchev–Trinajstić information content (AvgIpc) is 2.58. The van der Waals surface area contributed by atoms with Crippen molar-refractivity contribution in [1.29, 1.82) is 0 Å². The normalized spacial score (nSPS) is 11.3. The Morgan fingerprint density at radius 1 is 1.12 bits per heavy atom. The Morgan fingerprint density at radius 2 is 1.60 bits per heavy atom. The van der Waals surface area contributed by atoms with Gasteiger partial charge < -0.3 is 11.5 Å². The molecule has 0 bridgehead atoms. The molecule has 142 valence electrons. The number of Topliss-reactive ketones (excluding diaryl/α,β-unsaturated/α-hetero) is 1. The second kappa shape index (κ2) is 12.3. The number of hydrogen-bond acceptors (Lipinski definition) is 3. The van der Waals surface area contributed by atoms with Crippen LogP contribution in [0.1, 0.15) is 72.9 Å². The molecule has 0 fully saturated rings. The van der Waals surface area contributed by atoms with Gasteiger partial charge in [-0.25, -0.2) is 0 Å². The monoisotopic (exact) mass is 346 g/mol. The minimum Gasteiger partial charge on any atom is -0.397 e. The highest BCUT2D eigenvalue weighted by atomic mass is 16.1. The van der Waals surface area contributed by atoms with Gasteiger partial charge in [-0.1, -0.05) is 44.6 Å². The van der Waals surface area contributed by atoms with Gasteiger partial charge in [-0.2, -0.15) is 0 Å². The van der Waals surface area contributed by atoms with Crippen LogP contribution >= 0.6 is 0 Å². The lowest BCUT2D eigenvalue weighted by molar-refractivity contribution is -0.121. The van der Waals surface area contributed by atoms with Gasteiger partial charge in [0.05, 0.1) is 11.4 Å². The molecule has 3 nitrogen and oxygen atoms in total. The van der Waals surface area contributed by atoms with Crippen molar-refractivity contribution in [1.82, 2.24) is 0 Å². The molecule has 25 heavy (non-hydrogen) atoms. The number of carbonyl (C=O) groups excluding carboxylic acids is 1. The molecule has 1 aromatic rings. The first-order chi connectivity index (χ1) is 11.6. The average molecular weight is 347 g/mol. The smallest absolute Gasteiger partial charge is 0.139 e. The first-order valence-electron chi connectivity index (χ1n) is 9.06. The van der Waals surface area contributed by atoms with Gasteiger partial charge in [0.25, 0.3) is 0 Å². The fourth-order valence-electron chi connectivity index (χ4n) is 2.24. The highest BCUT2D eigenvalue weighted by Crippen LogP contribution is 2.31. The number of anilines is 2. The van der Waals surface area contributed by atoms with Crippen LogP contribution in [-0.4, -0.2) is 5.78 Å². The number of benzene rings is 1. The lowest BCUT2D eigenvalue weighted by Crippen LogP contribution is -2.27. The fourth-order valence-corrected chi connectivity index (χ4v) is 2.24. The first kappa shape index (κ1) is 25.2. The Labute approximate surface area is 155 Å². The maximum absolute atomic E-state index is 11.5. The maximum atomic E-state index is 11.5. The zero-order chi connectivity index (χ0) is 20.2. The molecule has 4 N–H and O–H groups in total. The summed E-state index contributed by atoms with van der Waals surface area (Å²) in [6.07, 6.45) is 7.49. The van der Waals surface area contributed by atoms with E-state index in [4.69, 9.17) is 11.5 Å². The van der Waals surface area contributed by atoms with Crippen molar-refractivity contribution in [3.05, 3.63) is 47.1 Å². The number of ketones is 1. The minimum atomic E-state index is -0.508. The van der Waals surface area contributed by atoms with Crippen molar-refractivity contribution < 1.29 is 4.79 Å². The SMILES string of the molecule is C/C=C\C(=C/C)CC.CC.CC(=O)C(C)(C)c1cc(N)c(N)cc1C. The van der Waals surface area contributed by atoms with Crippen molar-refractivity contribution >= 4 is 17.2 Å².